The zero-order valence-corrected chi connectivity index (χ0v) is 12.9. The van der Waals surface area contributed by atoms with E-state index in [4.69, 9.17) is 5.84 Å². The van der Waals surface area contributed by atoms with Crippen molar-refractivity contribution in [1.82, 2.24) is 10.3 Å². The van der Waals surface area contributed by atoms with Crippen LogP contribution >= 0.6 is 0 Å². The van der Waals surface area contributed by atoms with E-state index >= 15 is 0 Å². The van der Waals surface area contributed by atoms with Crippen LogP contribution < -0.4 is 11.3 Å². The van der Waals surface area contributed by atoms with E-state index in [1.165, 1.54) is 0 Å². The Morgan fingerprint density at radius 3 is 2.67 bits per heavy atom. The van der Waals surface area contributed by atoms with Crippen LogP contribution in [0.1, 0.15) is 39.0 Å². The summed E-state index contributed by atoms with van der Waals surface area (Å²) in [5.74, 6) is 5.70. The molecule has 1 aliphatic heterocycles. The van der Waals surface area contributed by atoms with Crippen molar-refractivity contribution in [1.29, 1.82) is 0 Å². The van der Waals surface area contributed by atoms with E-state index < -0.39 is 12.5 Å². The zero-order chi connectivity index (χ0) is 15.8. The molecular weight excluding hydrogens is 266 g/mol. The van der Waals surface area contributed by atoms with Gasteiger partial charge in [0, 0.05) is 11.7 Å². The van der Waals surface area contributed by atoms with Gasteiger partial charge in [-0.15, -0.1) is 6.58 Å². The number of rotatable bonds is 10. The van der Waals surface area contributed by atoms with Crippen molar-refractivity contribution in [3.63, 3.8) is 0 Å². The first kappa shape index (κ1) is 17.9. The van der Waals surface area contributed by atoms with E-state index in [-0.39, 0.29) is 6.04 Å². The number of aliphatic hydroxyl groups excluding tert-OH is 2. The number of nitrogens with zero attached hydrogens (tertiary/aromatic N) is 1. The van der Waals surface area contributed by atoms with E-state index in [2.05, 4.69) is 25.5 Å². The third-order valence-electron chi connectivity index (χ3n) is 4.03. The van der Waals surface area contributed by atoms with Gasteiger partial charge in [0.15, 0.2) is 0 Å². The second-order valence-electron chi connectivity index (χ2n) is 5.77. The third kappa shape index (κ3) is 5.63. The Morgan fingerprint density at radius 2 is 2.14 bits per heavy atom. The second-order valence-corrected chi connectivity index (χ2v) is 5.77. The molecule has 4 atom stereocenters. The summed E-state index contributed by atoms with van der Waals surface area (Å²) in [7, 11) is 0. The number of aliphatic hydroxyl groups is 2. The number of hydrogen-bond donors (Lipinski definition) is 4. The van der Waals surface area contributed by atoms with Gasteiger partial charge in [0.25, 0.3) is 0 Å². The molecule has 0 aromatic rings. The van der Waals surface area contributed by atoms with Gasteiger partial charge in [0.1, 0.15) is 12.5 Å². The summed E-state index contributed by atoms with van der Waals surface area (Å²) in [6, 6.07) is 0.0984. The molecule has 0 saturated carbocycles. The summed E-state index contributed by atoms with van der Waals surface area (Å²) in [6.45, 7) is 10.0. The molecule has 0 aromatic heterocycles. The van der Waals surface area contributed by atoms with Crippen molar-refractivity contribution in [2.24, 2.45) is 11.8 Å². The summed E-state index contributed by atoms with van der Waals surface area (Å²) >= 11 is 0. The molecular formula is C16H29N3O2. The van der Waals surface area contributed by atoms with Gasteiger partial charge in [0.05, 0.1) is 0 Å². The molecule has 0 spiro atoms. The van der Waals surface area contributed by atoms with Crippen LogP contribution in [0.2, 0.25) is 0 Å². The molecule has 1 rings (SSSR count). The number of hydrogen-bond acceptors (Lipinski definition) is 5. The predicted octanol–water partition coefficient (Wildman–Crippen LogP) is 1.61. The van der Waals surface area contributed by atoms with Crippen LogP contribution in [-0.4, -0.2) is 33.6 Å². The topological polar surface area (TPSA) is 81.8 Å². The van der Waals surface area contributed by atoms with Crippen LogP contribution in [0.15, 0.2) is 37.1 Å². The molecule has 0 aromatic carbocycles. The fourth-order valence-corrected chi connectivity index (χ4v) is 2.67. The molecule has 0 saturated heterocycles. The van der Waals surface area contributed by atoms with Gasteiger partial charge >= 0.3 is 0 Å². The third-order valence-corrected chi connectivity index (χ3v) is 4.03. The summed E-state index contributed by atoms with van der Waals surface area (Å²) in [4.78, 5) is 1.89. The molecule has 0 amide bonds. The lowest BCUT2D eigenvalue weighted by Gasteiger charge is -2.32. The van der Waals surface area contributed by atoms with Crippen LogP contribution in [0.5, 0.6) is 0 Å². The largest absolute Gasteiger partial charge is 0.377 e. The standard InChI is InChI=1S/C16H29N3O2/c1-4-14(19-13(3)9-11-16(19)21)10-8-12(2)6-5-7-15(20)18-17/h4,9,11-12,14-16,18,20-21H,1,3,5-8,10,17H2,2H3. The summed E-state index contributed by atoms with van der Waals surface area (Å²) < 4.78 is 0. The Morgan fingerprint density at radius 1 is 1.43 bits per heavy atom. The lowest BCUT2D eigenvalue weighted by molar-refractivity contribution is 0.0596. The van der Waals surface area contributed by atoms with Crippen LogP contribution in [0.25, 0.3) is 0 Å². The average molecular weight is 295 g/mol. The van der Waals surface area contributed by atoms with Gasteiger partial charge in [-0.3, -0.25) is 5.84 Å². The zero-order valence-electron chi connectivity index (χ0n) is 12.9. The summed E-state index contributed by atoms with van der Waals surface area (Å²) in [6.07, 6.45) is 8.85. The molecule has 5 nitrogen and oxygen atoms in total. The number of nitrogens with one attached hydrogen (secondary N) is 1. The molecule has 1 heterocycles. The van der Waals surface area contributed by atoms with Gasteiger partial charge in [-0.25, -0.2) is 5.43 Å². The van der Waals surface area contributed by atoms with Crippen molar-refractivity contribution in [3.05, 3.63) is 37.1 Å². The maximum absolute atomic E-state index is 9.94. The van der Waals surface area contributed by atoms with Crippen LogP contribution in [0.4, 0.5) is 0 Å². The molecule has 0 fully saturated rings. The maximum Gasteiger partial charge on any atom is 0.147 e. The summed E-state index contributed by atoms with van der Waals surface area (Å²) in [5.41, 5.74) is 3.17. The second kappa shape index (κ2) is 9.00. The smallest absolute Gasteiger partial charge is 0.147 e. The quantitative estimate of drug-likeness (QED) is 0.213. The minimum absolute atomic E-state index is 0.0984. The Labute approximate surface area is 127 Å². The van der Waals surface area contributed by atoms with Crippen molar-refractivity contribution in [3.8, 4) is 0 Å². The van der Waals surface area contributed by atoms with Crippen molar-refractivity contribution in [2.45, 2.75) is 57.5 Å². The van der Waals surface area contributed by atoms with E-state index in [0.717, 1.165) is 31.4 Å². The predicted molar refractivity (Wildman–Crippen MR) is 85.7 cm³/mol. The van der Waals surface area contributed by atoms with E-state index in [1.807, 2.05) is 17.1 Å². The van der Waals surface area contributed by atoms with Crippen LogP contribution in [0, 0.1) is 5.92 Å². The number of allylic oxidation sites excluding steroid dienone is 1. The SMILES string of the molecule is C=CC(CCC(C)CCCC(O)NN)N1C(=C)C=CC1O. The van der Waals surface area contributed by atoms with Crippen molar-refractivity contribution < 1.29 is 10.2 Å². The monoisotopic (exact) mass is 295 g/mol. The first-order valence-electron chi connectivity index (χ1n) is 7.59. The van der Waals surface area contributed by atoms with Crippen LogP contribution in [-0.2, 0) is 0 Å². The highest BCUT2D eigenvalue weighted by Gasteiger charge is 2.25. The molecule has 5 N–H and O–H groups in total. The molecule has 0 radical (unpaired) electrons. The first-order valence-corrected chi connectivity index (χ1v) is 7.59. The van der Waals surface area contributed by atoms with Gasteiger partial charge in [-0.1, -0.05) is 26.0 Å². The van der Waals surface area contributed by atoms with Gasteiger partial charge in [-0.05, 0) is 43.8 Å². The maximum atomic E-state index is 9.94. The Hall–Kier alpha value is -1.14. The van der Waals surface area contributed by atoms with Gasteiger partial charge in [0.2, 0.25) is 0 Å². The molecule has 21 heavy (non-hydrogen) atoms. The molecule has 0 bridgehead atoms. The first-order chi connectivity index (χ1) is 9.99. The van der Waals surface area contributed by atoms with E-state index in [0.29, 0.717) is 12.3 Å². The summed E-state index contributed by atoms with van der Waals surface area (Å²) in [5, 5.41) is 19.3. The fraction of sp³-hybridized carbons (Fsp3) is 0.625. The molecule has 1 aliphatic rings. The van der Waals surface area contributed by atoms with E-state index in [1.54, 1.807) is 6.08 Å². The minimum atomic E-state index is -0.618. The highest BCUT2D eigenvalue weighted by molar-refractivity contribution is 5.24. The highest BCUT2D eigenvalue weighted by Crippen LogP contribution is 2.25. The molecule has 0 aliphatic carbocycles. The van der Waals surface area contributed by atoms with Crippen molar-refractivity contribution >= 4 is 0 Å². The Balaban J connectivity index is 2.31. The highest BCUT2D eigenvalue weighted by atomic mass is 16.3. The van der Waals surface area contributed by atoms with Crippen LogP contribution in [0.3, 0.4) is 0 Å². The number of hydrazine groups is 1. The van der Waals surface area contributed by atoms with Crippen molar-refractivity contribution in [2.75, 3.05) is 0 Å². The Bertz CT molecular complexity index is 371. The number of nitrogens with two attached hydrogens (primary N) is 1. The lowest BCUT2D eigenvalue weighted by atomic mass is 9.95. The van der Waals surface area contributed by atoms with Gasteiger partial charge in [-0.2, -0.15) is 0 Å². The van der Waals surface area contributed by atoms with E-state index in [9.17, 15) is 10.2 Å². The lowest BCUT2D eigenvalue weighted by Crippen LogP contribution is -2.37. The minimum Gasteiger partial charge on any atom is -0.377 e. The molecule has 120 valence electrons. The molecule has 5 heteroatoms. The van der Waals surface area contributed by atoms with Gasteiger partial charge < -0.3 is 15.1 Å². The average Bonchev–Trinajstić information content (AvgIpc) is 2.79. The Kier molecular flexibility index (Phi) is 7.67. The molecule has 4 unspecified atom stereocenters. The fourth-order valence-electron chi connectivity index (χ4n) is 2.67. The normalized spacial score (nSPS) is 22.4.